The molecule has 0 radical (unpaired) electrons. The molecular formula is C18H27NO. The topological polar surface area (TPSA) is 21.3 Å². The molecule has 1 aromatic rings. The van der Waals surface area contributed by atoms with E-state index in [1.54, 1.807) is 0 Å². The Balaban J connectivity index is 1.30. The van der Waals surface area contributed by atoms with Crippen LogP contribution < -0.4 is 5.32 Å². The van der Waals surface area contributed by atoms with E-state index in [1.165, 1.54) is 56.9 Å². The molecule has 1 aliphatic carbocycles. The Morgan fingerprint density at radius 3 is 2.75 bits per heavy atom. The number of hydrogen-bond donors (Lipinski definition) is 1. The fraction of sp³-hybridized carbons (Fsp3) is 0.667. The van der Waals surface area contributed by atoms with Crippen molar-refractivity contribution in [2.45, 2.75) is 63.0 Å². The van der Waals surface area contributed by atoms with Crippen LogP contribution in [0.3, 0.4) is 0 Å². The van der Waals surface area contributed by atoms with Gasteiger partial charge in [0.05, 0.1) is 5.60 Å². The molecule has 0 amide bonds. The minimum Gasteiger partial charge on any atom is -0.375 e. The lowest BCUT2D eigenvalue weighted by molar-refractivity contribution is -0.135. The van der Waals surface area contributed by atoms with Crippen molar-refractivity contribution in [3.63, 3.8) is 0 Å². The van der Waals surface area contributed by atoms with Crippen LogP contribution in [0, 0.1) is 0 Å². The predicted molar refractivity (Wildman–Crippen MR) is 82.9 cm³/mol. The van der Waals surface area contributed by atoms with Crippen molar-refractivity contribution >= 4 is 0 Å². The van der Waals surface area contributed by atoms with E-state index in [2.05, 4.69) is 35.6 Å². The second kappa shape index (κ2) is 6.73. The van der Waals surface area contributed by atoms with Gasteiger partial charge in [0.25, 0.3) is 0 Å². The van der Waals surface area contributed by atoms with E-state index in [0.717, 1.165) is 13.2 Å². The average molecular weight is 273 g/mol. The fourth-order valence-corrected chi connectivity index (χ4v) is 3.53. The average Bonchev–Trinajstić information content (AvgIpc) is 2.47. The van der Waals surface area contributed by atoms with Gasteiger partial charge in [-0.2, -0.15) is 0 Å². The van der Waals surface area contributed by atoms with Crippen LogP contribution in [0.4, 0.5) is 0 Å². The molecule has 3 rings (SSSR count). The molecule has 0 bridgehead atoms. The quantitative estimate of drug-likeness (QED) is 0.798. The van der Waals surface area contributed by atoms with Gasteiger partial charge in [-0.1, -0.05) is 30.3 Å². The Labute approximate surface area is 122 Å². The summed E-state index contributed by atoms with van der Waals surface area (Å²) in [7, 11) is 0. The first-order valence-corrected chi connectivity index (χ1v) is 8.28. The number of hydrogen-bond acceptors (Lipinski definition) is 2. The van der Waals surface area contributed by atoms with Crippen LogP contribution in [-0.4, -0.2) is 24.8 Å². The maximum absolute atomic E-state index is 5.98. The highest BCUT2D eigenvalue weighted by molar-refractivity contribution is 5.14. The lowest BCUT2D eigenvalue weighted by atomic mass is 9.74. The Hall–Kier alpha value is -0.860. The minimum absolute atomic E-state index is 0.278. The van der Waals surface area contributed by atoms with E-state index in [4.69, 9.17) is 4.74 Å². The van der Waals surface area contributed by atoms with Crippen LogP contribution in [0.25, 0.3) is 0 Å². The van der Waals surface area contributed by atoms with Crippen molar-refractivity contribution < 1.29 is 4.74 Å². The molecule has 1 heterocycles. The van der Waals surface area contributed by atoms with E-state index in [-0.39, 0.29) is 5.60 Å². The van der Waals surface area contributed by atoms with Crippen molar-refractivity contribution in [1.29, 1.82) is 0 Å². The van der Waals surface area contributed by atoms with E-state index in [0.29, 0.717) is 6.04 Å². The lowest BCUT2D eigenvalue weighted by Gasteiger charge is -2.47. The van der Waals surface area contributed by atoms with E-state index >= 15 is 0 Å². The molecule has 1 spiro atoms. The van der Waals surface area contributed by atoms with Crippen molar-refractivity contribution in [2.75, 3.05) is 13.2 Å². The summed E-state index contributed by atoms with van der Waals surface area (Å²) in [4.78, 5) is 0. The first-order chi connectivity index (χ1) is 9.86. The summed E-state index contributed by atoms with van der Waals surface area (Å²) in [5.41, 5.74) is 1.74. The lowest BCUT2D eigenvalue weighted by Crippen LogP contribution is -2.51. The zero-order valence-corrected chi connectivity index (χ0v) is 12.4. The predicted octanol–water partition coefficient (Wildman–Crippen LogP) is 3.70. The Morgan fingerprint density at radius 1 is 1.15 bits per heavy atom. The van der Waals surface area contributed by atoms with Crippen molar-refractivity contribution in [3.8, 4) is 0 Å². The second-order valence-corrected chi connectivity index (χ2v) is 6.47. The number of ether oxygens (including phenoxy) is 1. The Bertz CT molecular complexity index is 399. The number of nitrogens with one attached hydrogen (secondary N) is 1. The maximum Gasteiger partial charge on any atom is 0.0697 e. The highest BCUT2D eigenvalue weighted by Gasteiger charge is 2.42. The Kier molecular flexibility index (Phi) is 4.74. The van der Waals surface area contributed by atoms with Crippen LogP contribution in [0.15, 0.2) is 30.3 Å². The third-order valence-electron chi connectivity index (χ3n) is 4.93. The van der Waals surface area contributed by atoms with Gasteiger partial charge in [0.1, 0.15) is 0 Å². The smallest absolute Gasteiger partial charge is 0.0697 e. The van der Waals surface area contributed by atoms with Gasteiger partial charge in [0.15, 0.2) is 0 Å². The minimum atomic E-state index is 0.278. The molecular weight excluding hydrogens is 246 g/mol. The summed E-state index contributed by atoms with van der Waals surface area (Å²) in [6.45, 7) is 2.12. The molecule has 1 saturated heterocycles. The van der Waals surface area contributed by atoms with Gasteiger partial charge in [-0.3, -0.25) is 0 Å². The summed E-state index contributed by atoms with van der Waals surface area (Å²) in [6, 6.07) is 11.5. The molecule has 1 unspecified atom stereocenters. The largest absolute Gasteiger partial charge is 0.375 e. The van der Waals surface area contributed by atoms with Crippen molar-refractivity contribution in [3.05, 3.63) is 35.9 Å². The SMILES string of the molecule is c1ccc(CCCCNC2CCOC3(CCC3)C2)cc1. The van der Waals surface area contributed by atoms with Crippen LogP contribution >= 0.6 is 0 Å². The summed E-state index contributed by atoms with van der Waals surface area (Å²) in [6.07, 6.45) is 10.2. The van der Waals surface area contributed by atoms with Gasteiger partial charge >= 0.3 is 0 Å². The van der Waals surface area contributed by atoms with Gasteiger partial charge < -0.3 is 10.1 Å². The maximum atomic E-state index is 5.98. The molecule has 1 atom stereocenters. The number of benzene rings is 1. The van der Waals surface area contributed by atoms with Crippen LogP contribution in [-0.2, 0) is 11.2 Å². The van der Waals surface area contributed by atoms with Gasteiger partial charge in [-0.05, 0) is 63.5 Å². The van der Waals surface area contributed by atoms with Crippen LogP contribution in [0.5, 0.6) is 0 Å². The van der Waals surface area contributed by atoms with Gasteiger partial charge in [-0.15, -0.1) is 0 Å². The molecule has 0 aromatic heterocycles. The first kappa shape index (κ1) is 14.1. The number of aryl methyl sites for hydroxylation is 1. The highest BCUT2D eigenvalue weighted by atomic mass is 16.5. The number of unbranched alkanes of at least 4 members (excludes halogenated alkanes) is 1. The monoisotopic (exact) mass is 273 g/mol. The third kappa shape index (κ3) is 3.62. The second-order valence-electron chi connectivity index (χ2n) is 6.47. The summed E-state index contributed by atoms with van der Waals surface area (Å²) < 4.78 is 5.98. The molecule has 1 saturated carbocycles. The molecule has 2 nitrogen and oxygen atoms in total. The van der Waals surface area contributed by atoms with Crippen LogP contribution in [0.2, 0.25) is 0 Å². The number of rotatable bonds is 6. The van der Waals surface area contributed by atoms with E-state index in [1.807, 2.05) is 0 Å². The van der Waals surface area contributed by atoms with Gasteiger partial charge in [0.2, 0.25) is 0 Å². The molecule has 2 heteroatoms. The molecule has 1 N–H and O–H groups in total. The molecule has 20 heavy (non-hydrogen) atoms. The van der Waals surface area contributed by atoms with Crippen LogP contribution in [0.1, 0.15) is 50.5 Å². The van der Waals surface area contributed by atoms with E-state index in [9.17, 15) is 0 Å². The molecule has 2 fully saturated rings. The van der Waals surface area contributed by atoms with E-state index < -0.39 is 0 Å². The van der Waals surface area contributed by atoms with Gasteiger partial charge in [-0.25, -0.2) is 0 Å². The first-order valence-electron chi connectivity index (χ1n) is 8.28. The standard InChI is InChI=1S/C18H27NO/c1-2-7-16(8-3-1)9-4-5-13-19-17-10-14-20-18(15-17)11-6-12-18/h1-3,7-8,17,19H,4-6,9-15H2. The molecule has 2 aliphatic rings. The van der Waals surface area contributed by atoms with Crippen molar-refractivity contribution in [2.24, 2.45) is 0 Å². The zero-order valence-electron chi connectivity index (χ0n) is 12.4. The molecule has 1 aromatic carbocycles. The Morgan fingerprint density at radius 2 is 2.00 bits per heavy atom. The molecule has 1 aliphatic heterocycles. The summed E-state index contributed by atoms with van der Waals surface area (Å²) in [5.74, 6) is 0. The normalized spacial score (nSPS) is 24.5. The fourth-order valence-electron chi connectivity index (χ4n) is 3.53. The highest BCUT2D eigenvalue weighted by Crippen LogP contribution is 2.42. The summed E-state index contributed by atoms with van der Waals surface area (Å²) in [5, 5.41) is 3.75. The van der Waals surface area contributed by atoms with Gasteiger partial charge in [0, 0.05) is 12.6 Å². The van der Waals surface area contributed by atoms with Crippen molar-refractivity contribution in [1.82, 2.24) is 5.32 Å². The zero-order chi connectivity index (χ0) is 13.7. The molecule has 110 valence electrons. The summed E-state index contributed by atoms with van der Waals surface area (Å²) >= 11 is 0. The third-order valence-corrected chi connectivity index (χ3v) is 4.93.